The molecule has 7 heteroatoms. The molecule has 0 saturated heterocycles. The first-order valence-corrected chi connectivity index (χ1v) is 9.74. The van der Waals surface area contributed by atoms with E-state index in [0.29, 0.717) is 11.4 Å². The van der Waals surface area contributed by atoms with Crippen LogP contribution in [0.1, 0.15) is 6.92 Å². The van der Waals surface area contributed by atoms with Gasteiger partial charge in [-0.05, 0) is 43.3 Å². The first-order valence-electron chi connectivity index (χ1n) is 9.74. The van der Waals surface area contributed by atoms with Crippen molar-refractivity contribution in [3.05, 3.63) is 67.0 Å². The average Bonchev–Trinajstić information content (AvgIpc) is 3.07. The van der Waals surface area contributed by atoms with Gasteiger partial charge in [-0.3, -0.25) is 14.6 Å². The number of aryl methyl sites for hydroxylation is 1. The highest BCUT2D eigenvalue weighted by Crippen LogP contribution is 2.30. The second kappa shape index (κ2) is 8.75. The molecule has 0 aliphatic carbocycles. The normalized spacial score (nSPS) is 11.0. The molecule has 152 valence electrons. The number of aromatic nitrogens is 2. The molecule has 0 unspecified atom stereocenters. The number of hydrogen-bond donors (Lipinski definition) is 2. The summed E-state index contributed by atoms with van der Waals surface area (Å²) in [6.45, 7) is 2.55. The van der Waals surface area contributed by atoms with Crippen LogP contribution in [0.2, 0.25) is 0 Å². The number of rotatable bonds is 7. The average molecular weight is 402 g/mol. The summed E-state index contributed by atoms with van der Waals surface area (Å²) in [5, 5.41) is 7.72. The van der Waals surface area contributed by atoms with Crippen molar-refractivity contribution in [2.45, 2.75) is 13.5 Å². The number of benzene rings is 2. The molecule has 7 nitrogen and oxygen atoms in total. The molecular formula is C23H22N4O3. The van der Waals surface area contributed by atoms with E-state index in [1.165, 1.54) is 11.7 Å². The molecule has 0 aliphatic rings. The summed E-state index contributed by atoms with van der Waals surface area (Å²) in [7, 11) is 0. The van der Waals surface area contributed by atoms with Gasteiger partial charge < -0.3 is 19.9 Å². The van der Waals surface area contributed by atoms with Gasteiger partial charge in [0.15, 0.2) is 0 Å². The summed E-state index contributed by atoms with van der Waals surface area (Å²) in [6, 6.07) is 17.5. The van der Waals surface area contributed by atoms with Crippen LogP contribution in [0.15, 0.2) is 67.0 Å². The minimum absolute atomic E-state index is 0.213. The highest BCUT2D eigenvalue weighted by Gasteiger charge is 2.11. The number of para-hydroxylation sites is 1. The van der Waals surface area contributed by atoms with Crippen molar-refractivity contribution in [2.24, 2.45) is 0 Å². The van der Waals surface area contributed by atoms with Gasteiger partial charge in [-0.2, -0.15) is 0 Å². The Kier molecular flexibility index (Phi) is 5.72. The Balaban J connectivity index is 1.37. The molecule has 0 aliphatic heterocycles. The third-order valence-electron chi connectivity index (χ3n) is 4.78. The minimum Gasteiger partial charge on any atom is -0.362 e. The highest BCUT2D eigenvalue weighted by atomic mass is 16.5. The Morgan fingerprint density at radius 3 is 2.37 bits per heavy atom. The van der Waals surface area contributed by atoms with Crippen molar-refractivity contribution < 1.29 is 14.3 Å². The third-order valence-corrected chi connectivity index (χ3v) is 4.78. The largest absolute Gasteiger partial charge is 0.362 e. The number of anilines is 2. The van der Waals surface area contributed by atoms with Crippen molar-refractivity contribution in [2.75, 3.05) is 23.8 Å². The Morgan fingerprint density at radius 1 is 0.900 bits per heavy atom. The number of nitrogens with one attached hydrogen (secondary N) is 2. The Labute approximate surface area is 173 Å². The van der Waals surface area contributed by atoms with Crippen molar-refractivity contribution >= 4 is 45.0 Å². The number of pyridine rings is 1. The van der Waals surface area contributed by atoms with Gasteiger partial charge in [0.05, 0.1) is 11.9 Å². The molecule has 0 fully saturated rings. The van der Waals surface area contributed by atoms with Gasteiger partial charge in [-0.1, -0.05) is 18.2 Å². The number of carbonyl (C=O) groups excluding carboxylic acids is 2. The van der Waals surface area contributed by atoms with Gasteiger partial charge in [0.1, 0.15) is 13.2 Å². The van der Waals surface area contributed by atoms with Crippen LogP contribution in [0.3, 0.4) is 0 Å². The first kappa shape index (κ1) is 19.6. The van der Waals surface area contributed by atoms with Crippen LogP contribution in [0, 0.1) is 0 Å². The smallest absolute Gasteiger partial charge is 0.250 e. The molecular weight excluding hydrogens is 380 g/mol. The van der Waals surface area contributed by atoms with Crippen LogP contribution in [0.5, 0.6) is 0 Å². The number of carbonyl (C=O) groups is 2. The molecule has 0 bridgehead atoms. The molecule has 2 N–H and O–H groups in total. The Bertz CT molecular complexity index is 1200. The van der Waals surface area contributed by atoms with Crippen LogP contribution in [-0.4, -0.2) is 34.6 Å². The van der Waals surface area contributed by atoms with Gasteiger partial charge in [0, 0.05) is 40.2 Å². The molecule has 2 aromatic carbocycles. The van der Waals surface area contributed by atoms with E-state index in [0.717, 1.165) is 22.8 Å². The fraction of sp³-hybridized carbons (Fsp3) is 0.174. The zero-order valence-corrected chi connectivity index (χ0v) is 16.6. The van der Waals surface area contributed by atoms with Gasteiger partial charge in [0.2, 0.25) is 11.8 Å². The molecule has 0 atom stereocenters. The van der Waals surface area contributed by atoms with E-state index in [-0.39, 0.29) is 25.0 Å². The topological polar surface area (TPSA) is 85.2 Å². The Hall–Kier alpha value is -3.71. The maximum absolute atomic E-state index is 12.2. The molecule has 2 aromatic heterocycles. The lowest BCUT2D eigenvalue weighted by atomic mass is 10.1. The quantitative estimate of drug-likeness (QED) is 0.492. The van der Waals surface area contributed by atoms with Crippen LogP contribution in [-0.2, 0) is 20.9 Å². The molecule has 2 heterocycles. The summed E-state index contributed by atoms with van der Waals surface area (Å²) >= 11 is 0. The molecule has 30 heavy (non-hydrogen) atoms. The predicted molar refractivity (Wildman–Crippen MR) is 117 cm³/mol. The van der Waals surface area contributed by atoms with Crippen LogP contribution >= 0.6 is 0 Å². The number of fused-ring (bicyclic) bond motifs is 3. The zero-order valence-electron chi connectivity index (χ0n) is 16.6. The fourth-order valence-electron chi connectivity index (χ4n) is 3.54. The van der Waals surface area contributed by atoms with Gasteiger partial charge in [-0.25, -0.2) is 0 Å². The SMILES string of the molecule is CCn1c2ccccc2c2cc(NC(=O)COCC(=O)Nc3cccnc3)ccc21. The molecule has 2 amide bonds. The van der Waals surface area contributed by atoms with Gasteiger partial charge in [0.25, 0.3) is 0 Å². The summed E-state index contributed by atoms with van der Waals surface area (Å²) < 4.78 is 7.48. The number of amides is 2. The van der Waals surface area contributed by atoms with E-state index in [1.807, 2.05) is 30.3 Å². The molecule has 4 rings (SSSR count). The van der Waals surface area contributed by atoms with Gasteiger partial charge >= 0.3 is 0 Å². The van der Waals surface area contributed by atoms with Gasteiger partial charge in [-0.15, -0.1) is 0 Å². The lowest BCUT2D eigenvalue weighted by molar-refractivity contribution is -0.125. The second-order valence-electron chi connectivity index (χ2n) is 6.82. The molecule has 0 radical (unpaired) electrons. The fourth-order valence-corrected chi connectivity index (χ4v) is 3.54. The Morgan fingerprint density at radius 2 is 1.63 bits per heavy atom. The summed E-state index contributed by atoms with van der Waals surface area (Å²) in [4.78, 5) is 28.0. The predicted octanol–water partition coefficient (Wildman–Crippen LogP) is 3.80. The lowest BCUT2D eigenvalue weighted by Gasteiger charge is -2.08. The highest BCUT2D eigenvalue weighted by molar-refractivity contribution is 6.09. The zero-order chi connectivity index (χ0) is 20.9. The van der Waals surface area contributed by atoms with Crippen LogP contribution in [0.25, 0.3) is 21.8 Å². The summed E-state index contributed by atoms with van der Waals surface area (Å²) in [6.07, 6.45) is 3.16. The van der Waals surface area contributed by atoms with Crippen molar-refractivity contribution in [3.63, 3.8) is 0 Å². The third kappa shape index (κ3) is 4.16. The molecule has 0 saturated carbocycles. The van der Waals surface area contributed by atoms with E-state index in [9.17, 15) is 9.59 Å². The number of hydrogen-bond acceptors (Lipinski definition) is 4. The summed E-state index contributed by atoms with van der Waals surface area (Å²) in [5.41, 5.74) is 3.56. The molecule has 4 aromatic rings. The van der Waals surface area contributed by atoms with Crippen LogP contribution < -0.4 is 10.6 Å². The van der Waals surface area contributed by atoms with Crippen molar-refractivity contribution in [1.82, 2.24) is 9.55 Å². The first-order chi connectivity index (χ1) is 14.7. The second-order valence-corrected chi connectivity index (χ2v) is 6.82. The lowest BCUT2D eigenvalue weighted by Crippen LogP contribution is -2.24. The van der Waals surface area contributed by atoms with E-state index in [1.54, 1.807) is 18.3 Å². The van der Waals surface area contributed by atoms with Crippen molar-refractivity contribution in [3.8, 4) is 0 Å². The van der Waals surface area contributed by atoms with E-state index in [2.05, 4.69) is 39.2 Å². The number of nitrogens with zero attached hydrogens (tertiary/aromatic N) is 2. The van der Waals surface area contributed by atoms with E-state index < -0.39 is 0 Å². The van der Waals surface area contributed by atoms with Crippen molar-refractivity contribution in [1.29, 1.82) is 0 Å². The maximum Gasteiger partial charge on any atom is 0.250 e. The monoisotopic (exact) mass is 402 g/mol. The standard InChI is InChI=1S/C23H22N4O3/c1-2-27-20-8-4-3-7-18(20)19-12-16(9-10-21(19)27)25-22(28)14-30-15-23(29)26-17-6-5-11-24-13-17/h3-13H,2,14-15H2,1H3,(H,25,28)(H,26,29). The maximum atomic E-state index is 12.2. The number of ether oxygens (including phenoxy) is 1. The summed E-state index contributed by atoms with van der Waals surface area (Å²) in [5.74, 6) is -0.660. The minimum atomic E-state index is -0.343. The van der Waals surface area contributed by atoms with E-state index in [4.69, 9.17) is 4.74 Å². The van der Waals surface area contributed by atoms with Crippen LogP contribution in [0.4, 0.5) is 11.4 Å². The van der Waals surface area contributed by atoms with E-state index >= 15 is 0 Å². The molecule has 0 spiro atoms.